The predicted octanol–water partition coefficient (Wildman–Crippen LogP) is 5.48. The molecule has 0 bridgehead atoms. The molecule has 1 aromatic heterocycles. The van der Waals surface area contributed by atoms with Gasteiger partial charge in [0.15, 0.2) is 0 Å². The Morgan fingerprint density at radius 1 is 1.04 bits per heavy atom. The van der Waals surface area contributed by atoms with Crippen LogP contribution >= 0.6 is 0 Å². The lowest BCUT2D eigenvalue weighted by Gasteiger charge is -2.41. The number of ether oxygens (including phenoxy) is 2. The van der Waals surface area contributed by atoms with Crippen molar-refractivity contribution in [2.24, 2.45) is 0 Å². The van der Waals surface area contributed by atoms with Gasteiger partial charge in [-0.05, 0) is 76.8 Å². The number of carboxylic acid groups (broad SMARTS) is 1. The number of hydrogen-bond acceptors (Lipinski definition) is 10. The van der Waals surface area contributed by atoms with Crippen molar-refractivity contribution in [1.82, 2.24) is 25.1 Å². The number of nitriles is 1. The summed E-state index contributed by atoms with van der Waals surface area (Å²) < 4.78 is 12.0. The molecule has 1 aliphatic carbocycles. The molecule has 276 valence electrons. The van der Waals surface area contributed by atoms with Crippen molar-refractivity contribution >= 4 is 34.5 Å². The van der Waals surface area contributed by atoms with E-state index in [1.165, 1.54) is 26.9 Å². The van der Waals surface area contributed by atoms with Crippen molar-refractivity contribution in [3.05, 3.63) is 53.2 Å². The summed E-state index contributed by atoms with van der Waals surface area (Å²) in [7, 11) is 0. The predicted molar refractivity (Wildman–Crippen MR) is 198 cm³/mol. The van der Waals surface area contributed by atoms with E-state index in [9.17, 15) is 20.0 Å². The van der Waals surface area contributed by atoms with E-state index in [1.807, 2.05) is 20.8 Å². The van der Waals surface area contributed by atoms with Crippen molar-refractivity contribution in [3.63, 3.8) is 0 Å². The second-order valence-electron chi connectivity index (χ2n) is 15.7. The van der Waals surface area contributed by atoms with E-state index in [0.717, 1.165) is 68.8 Å². The molecule has 2 amide bonds. The first kappa shape index (κ1) is 35.6. The molecule has 1 saturated carbocycles. The van der Waals surface area contributed by atoms with E-state index < -0.39 is 17.7 Å². The zero-order chi connectivity index (χ0) is 36.6. The smallest absolute Gasteiger partial charge is 0.407 e. The number of benzene rings is 2. The van der Waals surface area contributed by atoms with Gasteiger partial charge in [0.05, 0.1) is 36.3 Å². The van der Waals surface area contributed by atoms with E-state index in [4.69, 9.17) is 19.4 Å². The molecule has 3 fully saturated rings. The number of amides is 2. The van der Waals surface area contributed by atoms with E-state index >= 15 is 0 Å². The van der Waals surface area contributed by atoms with Gasteiger partial charge in [-0.2, -0.15) is 15.2 Å². The molecule has 7 rings (SSSR count). The summed E-state index contributed by atoms with van der Waals surface area (Å²) >= 11 is 0. The molecule has 0 spiro atoms. The summed E-state index contributed by atoms with van der Waals surface area (Å²) in [5, 5.41) is 24.8. The third kappa shape index (κ3) is 7.53. The molecule has 2 saturated heterocycles. The van der Waals surface area contributed by atoms with Gasteiger partial charge in [0.2, 0.25) is 0 Å². The Labute approximate surface area is 305 Å². The molecule has 2 aromatic carbocycles. The van der Waals surface area contributed by atoms with Crippen LogP contribution in [0.4, 0.5) is 21.1 Å². The molecule has 4 heterocycles. The molecule has 3 aliphatic heterocycles. The first-order valence-corrected chi connectivity index (χ1v) is 18.5. The number of fused-ring (bicyclic) bond motifs is 2. The average Bonchev–Trinajstić information content (AvgIpc) is 3.90. The highest BCUT2D eigenvalue weighted by Gasteiger charge is 2.50. The monoisotopic (exact) mass is 710 g/mol. The number of nitrogens with zero attached hydrogens (tertiary/aromatic N) is 7. The number of likely N-dealkylation sites (tertiary alicyclic amines) is 1. The molecule has 4 aliphatic rings. The van der Waals surface area contributed by atoms with E-state index in [1.54, 1.807) is 0 Å². The topological polar surface area (TPSA) is 147 Å². The number of carbonyl (C=O) groups excluding carboxylic acids is 1. The molecule has 1 atom stereocenters. The van der Waals surface area contributed by atoms with Crippen LogP contribution in [0.15, 0.2) is 36.4 Å². The van der Waals surface area contributed by atoms with Gasteiger partial charge in [0.25, 0.3) is 0 Å². The van der Waals surface area contributed by atoms with Crippen LogP contribution in [0.25, 0.3) is 10.8 Å². The van der Waals surface area contributed by atoms with Gasteiger partial charge in [0.1, 0.15) is 18.0 Å². The number of alkyl carbamates (subject to hydrolysis) is 1. The molecule has 2 N–H and O–H groups in total. The number of piperidine rings is 1. The Balaban J connectivity index is 1.11. The molecule has 52 heavy (non-hydrogen) atoms. The fraction of sp³-hybridized carbons (Fsp3) is 0.564. The van der Waals surface area contributed by atoms with Crippen molar-refractivity contribution in [2.75, 3.05) is 55.7 Å². The van der Waals surface area contributed by atoms with Gasteiger partial charge in [-0.3, -0.25) is 4.90 Å². The third-order valence-electron chi connectivity index (χ3n) is 11.0. The maximum absolute atomic E-state index is 12.4. The molecule has 0 radical (unpaired) electrons. The Morgan fingerprint density at radius 3 is 2.48 bits per heavy atom. The van der Waals surface area contributed by atoms with Gasteiger partial charge in [-0.1, -0.05) is 30.3 Å². The van der Waals surface area contributed by atoms with Crippen LogP contribution in [0, 0.1) is 18.3 Å². The van der Waals surface area contributed by atoms with Gasteiger partial charge < -0.3 is 34.6 Å². The van der Waals surface area contributed by atoms with E-state index in [2.05, 4.69) is 69.4 Å². The Kier molecular flexibility index (Phi) is 9.78. The fourth-order valence-corrected chi connectivity index (χ4v) is 8.14. The SMILES string of the molecule is Cc1cccc2cccc(N3CCc4c(nc(OCC5(N6CCC(NC(=O)OC(C)(C)C)CC6)CC5)nc4N4CCN(C(=O)O)[C@@H](CC#N)C4)C3)c12. The lowest BCUT2D eigenvalue weighted by atomic mass is 9.99. The summed E-state index contributed by atoms with van der Waals surface area (Å²) in [5.74, 6) is 0.778. The maximum atomic E-state index is 12.4. The van der Waals surface area contributed by atoms with Crippen molar-refractivity contribution in [2.45, 2.75) is 96.0 Å². The van der Waals surface area contributed by atoms with Gasteiger partial charge in [-0.15, -0.1) is 0 Å². The fourth-order valence-electron chi connectivity index (χ4n) is 8.14. The average molecular weight is 711 g/mol. The van der Waals surface area contributed by atoms with Crippen molar-refractivity contribution in [1.29, 1.82) is 5.26 Å². The summed E-state index contributed by atoms with van der Waals surface area (Å²) in [5.41, 5.74) is 3.75. The summed E-state index contributed by atoms with van der Waals surface area (Å²) in [6, 6.07) is 15.0. The quantitative estimate of drug-likeness (QED) is 0.306. The van der Waals surface area contributed by atoms with Gasteiger partial charge in [0, 0.05) is 61.9 Å². The highest BCUT2D eigenvalue weighted by atomic mass is 16.6. The zero-order valence-corrected chi connectivity index (χ0v) is 30.7. The summed E-state index contributed by atoms with van der Waals surface area (Å²) in [6.07, 6.45) is 3.20. The molecular weight excluding hydrogens is 660 g/mol. The zero-order valence-electron chi connectivity index (χ0n) is 30.7. The Bertz CT molecular complexity index is 1850. The van der Waals surface area contributed by atoms with E-state index in [0.29, 0.717) is 38.8 Å². The number of piperazine rings is 1. The molecular formula is C39H50N8O5. The Hall–Kier alpha value is -4.83. The molecule has 13 heteroatoms. The second-order valence-corrected chi connectivity index (χ2v) is 15.7. The maximum Gasteiger partial charge on any atom is 0.407 e. The minimum atomic E-state index is -1.01. The number of aryl methyl sites for hydroxylation is 1. The molecule has 0 unspecified atom stereocenters. The highest BCUT2D eigenvalue weighted by Crippen LogP contribution is 2.44. The van der Waals surface area contributed by atoms with Crippen molar-refractivity contribution in [3.8, 4) is 12.1 Å². The van der Waals surface area contributed by atoms with Crippen LogP contribution in [-0.2, 0) is 17.7 Å². The highest BCUT2D eigenvalue weighted by molar-refractivity contribution is 5.97. The normalized spacial score (nSPS) is 20.6. The first-order valence-electron chi connectivity index (χ1n) is 18.5. The van der Waals surface area contributed by atoms with Crippen LogP contribution in [0.2, 0.25) is 0 Å². The minimum absolute atomic E-state index is 0.0780. The van der Waals surface area contributed by atoms with Crippen molar-refractivity contribution < 1.29 is 24.2 Å². The van der Waals surface area contributed by atoms with Gasteiger partial charge >= 0.3 is 18.2 Å². The number of anilines is 2. The summed E-state index contributed by atoms with van der Waals surface area (Å²) in [6.45, 7) is 12.5. The number of rotatable bonds is 8. The first-order chi connectivity index (χ1) is 24.9. The standard InChI is InChI=1S/C39H50N8O5/c1-26-7-5-8-27-9-6-10-32(33(26)27)44-18-14-30-31(24-44)42-35(43-34(30)45-21-22-47(37(49)50)29(23-45)11-17-40)51-25-39(15-16-39)46-19-12-28(13-20-46)41-36(48)52-38(2,3)4/h5-10,28-29H,11-16,18-25H2,1-4H3,(H,41,48)(H,49,50)/t29-/m0/s1. The Morgan fingerprint density at radius 2 is 1.79 bits per heavy atom. The minimum Gasteiger partial charge on any atom is -0.465 e. The van der Waals surface area contributed by atoms with E-state index in [-0.39, 0.29) is 24.1 Å². The van der Waals surface area contributed by atoms with Crippen LogP contribution in [-0.4, -0.2) is 106 Å². The third-order valence-corrected chi connectivity index (χ3v) is 11.0. The van der Waals surface area contributed by atoms with Crippen LogP contribution in [0.1, 0.15) is 69.7 Å². The number of nitrogens with one attached hydrogen (secondary N) is 1. The second kappa shape index (κ2) is 14.3. The van der Waals surface area contributed by atoms with Crippen LogP contribution < -0.4 is 19.9 Å². The van der Waals surface area contributed by atoms with Gasteiger partial charge in [-0.25, -0.2) is 9.59 Å². The number of hydrogen-bond donors (Lipinski definition) is 2. The van der Waals surface area contributed by atoms with Crippen LogP contribution in [0.3, 0.4) is 0 Å². The molecule has 13 nitrogen and oxygen atoms in total. The number of carbonyl (C=O) groups is 2. The number of aromatic nitrogens is 2. The lowest BCUT2D eigenvalue weighted by Crippen LogP contribution is -2.55. The summed E-state index contributed by atoms with van der Waals surface area (Å²) in [4.78, 5) is 42.8. The molecule has 3 aromatic rings. The lowest BCUT2D eigenvalue weighted by molar-refractivity contribution is 0.0437. The largest absolute Gasteiger partial charge is 0.465 e. The van der Waals surface area contributed by atoms with Crippen LogP contribution in [0.5, 0.6) is 6.01 Å².